The van der Waals surface area contributed by atoms with E-state index in [0.29, 0.717) is 4.47 Å². The Morgan fingerprint density at radius 1 is 1.77 bits per heavy atom. The third-order valence-corrected chi connectivity index (χ3v) is 1.81. The van der Waals surface area contributed by atoms with Crippen LogP contribution in [0.5, 0.6) is 0 Å². The van der Waals surface area contributed by atoms with Crippen molar-refractivity contribution < 1.29 is 9.50 Å². The van der Waals surface area contributed by atoms with Crippen molar-refractivity contribution in [3.05, 3.63) is 22.6 Å². The first kappa shape index (κ1) is 10.4. The van der Waals surface area contributed by atoms with Crippen LogP contribution in [0, 0.1) is 5.82 Å². The van der Waals surface area contributed by atoms with Gasteiger partial charge < -0.3 is 10.4 Å². The fraction of sp³-hybridized carbons (Fsp3) is 0.375. The molecule has 0 radical (unpaired) electrons. The highest BCUT2D eigenvalue weighted by molar-refractivity contribution is 9.10. The molecule has 1 rings (SSSR count). The van der Waals surface area contributed by atoms with Crippen molar-refractivity contribution in [1.29, 1.82) is 0 Å². The smallest absolute Gasteiger partial charge is 0.166 e. The van der Waals surface area contributed by atoms with Gasteiger partial charge in [-0.1, -0.05) is 0 Å². The second-order valence-electron chi connectivity index (χ2n) is 2.71. The minimum absolute atomic E-state index is 0.157. The van der Waals surface area contributed by atoms with Gasteiger partial charge in [0, 0.05) is 17.2 Å². The molecule has 0 aliphatic rings. The van der Waals surface area contributed by atoms with E-state index in [0.717, 1.165) is 0 Å². The molecule has 0 spiro atoms. The van der Waals surface area contributed by atoms with Crippen molar-refractivity contribution in [2.75, 3.05) is 11.9 Å². The first-order valence-corrected chi connectivity index (χ1v) is 4.62. The second-order valence-corrected chi connectivity index (χ2v) is 3.63. The summed E-state index contributed by atoms with van der Waals surface area (Å²) in [6.07, 6.45) is 0.970. The predicted octanol–water partition coefficient (Wildman–Crippen LogP) is 1.78. The van der Waals surface area contributed by atoms with Crippen LogP contribution in [0.25, 0.3) is 0 Å². The van der Waals surface area contributed by atoms with Gasteiger partial charge >= 0.3 is 0 Å². The van der Waals surface area contributed by atoms with Crippen LogP contribution in [0.15, 0.2) is 16.7 Å². The van der Waals surface area contributed by atoms with Crippen molar-refractivity contribution in [3.8, 4) is 0 Å². The van der Waals surface area contributed by atoms with Gasteiger partial charge in [0.2, 0.25) is 0 Å². The molecule has 2 N–H and O–H groups in total. The fourth-order valence-electron chi connectivity index (χ4n) is 0.789. The number of aliphatic hydroxyl groups excluding tert-OH is 1. The molecule has 72 valence electrons. The maximum absolute atomic E-state index is 13.1. The number of hydrogen-bond acceptors (Lipinski definition) is 3. The van der Waals surface area contributed by atoms with E-state index in [1.807, 2.05) is 0 Å². The molecule has 1 atom stereocenters. The summed E-state index contributed by atoms with van der Waals surface area (Å²) in [6, 6.07) is 1.32. The zero-order chi connectivity index (χ0) is 9.84. The average Bonchev–Trinajstić information content (AvgIpc) is 2.02. The molecule has 1 heterocycles. The lowest BCUT2D eigenvalue weighted by Gasteiger charge is -2.07. The van der Waals surface area contributed by atoms with Crippen molar-refractivity contribution in [2.24, 2.45) is 0 Å². The Morgan fingerprint density at radius 3 is 3.00 bits per heavy atom. The third kappa shape index (κ3) is 3.28. The topological polar surface area (TPSA) is 45.1 Å². The average molecular weight is 249 g/mol. The van der Waals surface area contributed by atoms with Crippen molar-refractivity contribution >= 4 is 21.7 Å². The molecule has 0 unspecified atom stereocenters. The molecule has 13 heavy (non-hydrogen) atoms. The normalized spacial score (nSPS) is 12.6. The van der Waals surface area contributed by atoms with Crippen LogP contribution in [0.4, 0.5) is 10.2 Å². The number of nitrogens with one attached hydrogen (secondary N) is 1. The van der Waals surface area contributed by atoms with Crippen LogP contribution in [0.1, 0.15) is 6.92 Å². The maximum Gasteiger partial charge on any atom is 0.166 e. The Hall–Kier alpha value is -0.680. The van der Waals surface area contributed by atoms with E-state index in [1.54, 1.807) is 6.92 Å². The highest BCUT2D eigenvalue weighted by atomic mass is 79.9. The number of rotatable bonds is 3. The molecular weight excluding hydrogens is 239 g/mol. The van der Waals surface area contributed by atoms with Gasteiger partial charge in [0.05, 0.1) is 6.10 Å². The highest BCUT2D eigenvalue weighted by Gasteiger charge is 2.04. The van der Waals surface area contributed by atoms with Gasteiger partial charge in [0.25, 0.3) is 0 Å². The van der Waals surface area contributed by atoms with Crippen molar-refractivity contribution in [1.82, 2.24) is 4.98 Å². The first-order valence-electron chi connectivity index (χ1n) is 3.82. The molecule has 1 aromatic heterocycles. The molecular formula is C8H10BrFN2O. The Balaban J connectivity index is 2.67. The Kier molecular flexibility index (Phi) is 3.62. The van der Waals surface area contributed by atoms with Gasteiger partial charge in [-0.25, -0.2) is 9.37 Å². The molecule has 5 heteroatoms. The molecule has 0 saturated heterocycles. The van der Waals surface area contributed by atoms with E-state index in [-0.39, 0.29) is 12.4 Å². The van der Waals surface area contributed by atoms with Gasteiger partial charge in [-0.3, -0.25) is 0 Å². The molecule has 0 aliphatic heterocycles. The van der Waals surface area contributed by atoms with Crippen molar-refractivity contribution in [2.45, 2.75) is 13.0 Å². The number of halogens is 2. The molecule has 0 aliphatic carbocycles. The maximum atomic E-state index is 13.1. The van der Waals surface area contributed by atoms with E-state index >= 15 is 0 Å². The number of nitrogens with zero attached hydrogens (tertiary/aromatic N) is 1. The van der Waals surface area contributed by atoms with Gasteiger partial charge in [-0.05, 0) is 28.9 Å². The number of hydrogen-bond donors (Lipinski definition) is 2. The van der Waals surface area contributed by atoms with Crippen LogP contribution < -0.4 is 5.32 Å². The van der Waals surface area contributed by atoms with Crippen LogP contribution >= 0.6 is 15.9 Å². The minimum atomic E-state index is -0.523. The van der Waals surface area contributed by atoms with E-state index in [1.165, 1.54) is 12.3 Å². The first-order chi connectivity index (χ1) is 6.09. The monoisotopic (exact) mass is 248 g/mol. The van der Waals surface area contributed by atoms with Crippen LogP contribution in [0.3, 0.4) is 0 Å². The highest BCUT2D eigenvalue weighted by Crippen LogP contribution is 2.15. The second kappa shape index (κ2) is 4.53. The Labute approximate surface area is 84.1 Å². The van der Waals surface area contributed by atoms with E-state index < -0.39 is 11.9 Å². The zero-order valence-electron chi connectivity index (χ0n) is 7.09. The summed E-state index contributed by atoms with van der Waals surface area (Å²) >= 11 is 3.10. The molecule has 3 nitrogen and oxygen atoms in total. The molecule has 0 saturated carbocycles. The predicted molar refractivity (Wildman–Crippen MR) is 52.1 cm³/mol. The van der Waals surface area contributed by atoms with Crippen LogP contribution in [-0.2, 0) is 0 Å². The zero-order valence-corrected chi connectivity index (χ0v) is 8.68. The van der Waals surface area contributed by atoms with Crippen LogP contribution in [0.2, 0.25) is 0 Å². The lowest BCUT2D eigenvalue weighted by atomic mass is 10.4. The molecule has 1 aromatic rings. The van der Waals surface area contributed by atoms with Gasteiger partial charge in [-0.15, -0.1) is 0 Å². The van der Waals surface area contributed by atoms with E-state index in [9.17, 15) is 4.39 Å². The summed E-state index contributed by atoms with van der Waals surface area (Å²) in [7, 11) is 0. The number of aromatic nitrogens is 1. The molecule has 0 amide bonds. The Morgan fingerprint density at radius 2 is 2.46 bits per heavy atom. The third-order valence-electron chi connectivity index (χ3n) is 1.37. The van der Waals surface area contributed by atoms with E-state index in [2.05, 4.69) is 26.2 Å². The largest absolute Gasteiger partial charge is 0.392 e. The standard InChI is InChI=1S/C8H10BrFN2O/c1-5(13)3-11-8-7(10)2-6(9)4-12-8/h2,4-5,13H,3H2,1H3,(H,11,12)/t5-/m0/s1. The number of pyridine rings is 1. The lowest BCUT2D eigenvalue weighted by molar-refractivity contribution is 0.208. The van der Waals surface area contributed by atoms with E-state index in [4.69, 9.17) is 5.11 Å². The summed E-state index contributed by atoms with van der Waals surface area (Å²) in [5, 5.41) is 11.6. The fourth-order valence-corrected chi connectivity index (χ4v) is 1.09. The lowest BCUT2D eigenvalue weighted by Crippen LogP contribution is -2.16. The molecule has 0 bridgehead atoms. The minimum Gasteiger partial charge on any atom is -0.392 e. The summed E-state index contributed by atoms with van der Waals surface area (Å²) in [6.45, 7) is 1.90. The van der Waals surface area contributed by atoms with Crippen molar-refractivity contribution in [3.63, 3.8) is 0 Å². The quantitative estimate of drug-likeness (QED) is 0.858. The number of aliphatic hydroxyl groups is 1. The van der Waals surface area contributed by atoms with Gasteiger partial charge in [-0.2, -0.15) is 0 Å². The molecule has 0 fully saturated rings. The summed E-state index contributed by atoms with van der Waals surface area (Å²) in [5.41, 5.74) is 0. The van der Waals surface area contributed by atoms with Gasteiger partial charge in [0.15, 0.2) is 11.6 Å². The number of anilines is 1. The van der Waals surface area contributed by atoms with Gasteiger partial charge in [0.1, 0.15) is 0 Å². The Bertz CT molecular complexity index is 293. The SMILES string of the molecule is C[C@H](O)CNc1ncc(Br)cc1F. The summed E-state index contributed by atoms with van der Waals surface area (Å²) in [4.78, 5) is 3.81. The molecule has 0 aromatic carbocycles. The summed E-state index contributed by atoms with van der Waals surface area (Å²) in [5.74, 6) is -0.279. The van der Waals surface area contributed by atoms with Crippen LogP contribution in [-0.4, -0.2) is 22.7 Å². The summed E-state index contributed by atoms with van der Waals surface area (Å²) < 4.78 is 13.7.